The zero-order chi connectivity index (χ0) is 11.0. The maximum absolute atomic E-state index is 11.0. The molecule has 1 saturated carbocycles. The second-order valence-corrected chi connectivity index (χ2v) is 4.42. The van der Waals surface area contributed by atoms with Gasteiger partial charge in [0.05, 0.1) is 5.92 Å². The monoisotopic (exact) mass is 204 g/mol. The van der Waals surface area contributed by atoms with Gasteiger partial charge in [0, 0.05) is 0 Å². The molecule has 1 fully saturated rings. The van der Waals surface area contributed by atoms with Gasteiger partial charge in [-0.25, -0.2) is 0 Å². The second kappa shape index (κ2) is 3.69. The largest absolute Gasteiger partial charge is 0.481 e. The first-order valence-corrected chi connectivity index (χ1v) is 5.40. The van der Waals surface area contributed by atoms with Crippen LogP contribution < -0.4 is 0 Å². The number of carboxylic acid groups (broad SMARTS) is 1. The number of benzene rings is 1. The molecule has 1 aliphatic carbocycles. The summed E-state index contributed by atoms with van der Waals surface area (Å²) >= 11 is 0. The first-order chi connectivity index (χ1) is 7.11. The van der Waals surface area contributed by atoms with E-state index in [0.29, 0.717) is 0 Å². The fourth-order valence-corrected chi connectivity index (χ4v) is 2.34. The van der Waals surface area contributed by atoms with E-state index in [-0.39, 0.29) is 11.8 Å². The second-order valence-electron chi connectivity index (χ2n) is 4.42. The zero-order valence-electron chi connectivity index (χ0n) is 9.16. The fourth-order valence-electron chi connectivity index (χ4n) is 2.34. The summed E-state index contributed by atoms with van der Waals surface area (Å²) < 4.78 is 0. The highest BCUT2D eigenvalue weighted by atomic mass is 16.4. The van der Waals surface area contributed by atoms with Crippen molar-refractivity contribution < 1.29 is 9.90 Å². The number of carboxylic acids is 1. The number of aryl methyl sites for hydroxylation is 1. The van der Waals surface area contributed by atoms with Gasteiger partial charge in [-0.2, -0.15) is 0 Å². The molecule has 2 rings (SSSR count). The van der Waals surface area contributed by atoms with Crippen molar-refractivity contribution in [2.45, 2.75) is 32.6 Å². The Kier molecular flexibility index (Phi) is 2.51. The average molecular weight is 204 g/mol. The van der Waals surface area contributed by atoms with E-state index in [9.17, 15) is 4.79 Å². The van der Waals surface area contributed by atoms with Gasteiger partial charge in [0.2, 0.25) is 0 Å². The van der Waals surface area contributed by atoms with E-state index in [1.165, 1.54) is 16.7 Å². The van der Waals surface area contributed by atoms with Crippen molar-refractivity contribution in [1.29, 1.82) is 0 Å². The van der Waals surface area contributed by atoms with Crippen molar-refractivity contribution in [3.63, 3.8) is 0 Å². The topological polar surface area (TPSA) is 37.3 Å². The number of carbonyl (C=O) groups is 1. The molecule has 0 spiro atoms. The molecular weight excluding hydrogens is 188 g/mol. The highest BCUT2D eigenvalue weighted by molar-refractivity contribution is 5.73. The van der Waals surface area contributed by atoms with Crippen LogP contribution in [0.4, 0.5) is 0 Å². The van der Waals surface area contributed by atoms with E-state index < -0.39 is 5.97 Å². The summed E-state index contributed by atoms with van der Waals surface area (Å²) in [4.78, 5) is 11.0. The number of aliphatic carboxylic acids is 1. The summed E-state index contributed by atoms with van der Waals surface area (Å²) in [5.74, 6) is -0.569. The van der Waals surface area contributed by atoms with E-state index in [2.05, 4.69) is 26.0 Å². The molecule has 15 heavy (non-hydrogen) atoms. The third-order valence-corrected chi connectivity index (χ3v) is 3.64. The molecule has 80 valence electrons. The third kappa shape index (κ3) is 1.65. The lowest BCUT2D eigenvalue weighted by Crippen LogP contribution is -2.31. The van der Waals surface area contributed by atoms with Gasteiger partial charge in [-0.15, -0.1) is 0 Å². The Labute approximate surface area is 89.9 Å². The van der Waals surface area contributed by atoms with E-state index in [4.69, 9.17) is 5.11 Å². The van der Waals surface area contributed by atoms with Crippen LogP contribution in [-0.4, -0.2) is 11.1 Å². The Morgan fingerprint density at radius 1 is 1.33 bits per heavy atom. The van der Waals surface area contributed by atoms with Gasteiger partial charge in [0.15, 0.2) is 0 Å². The van der Waals surface area contributed by atoms with Crippen molar-refractivity contribution in [2.75, 3.05) is 0 Å². The molecule has 0 saturated heterocycles. The Morgan fingerprint density at radius 2 is 2.07 bits per heavy atom. The highest BCUT2D eigenvalue weighted by Crippen LogP contribution is 2.44. The van der Waals surface area contributed by atoms with Gasteiger partial charge in [0.1, 0.15) is 0 Å². The quantitative estimate of drug-likeness (QED) is 0.804. The Bertz CT molecular complexity index is 396. The van der Waals surface area contributed by atoms with E-state index in [1.807, 2.05) is 6.07 Å². The van der Waals surface area contributed by atoms with Crippen molar-refractivity contribution in [2.24, 2.45) is 5.92 Å². The lowest BCUT2D eigenvalue weighted by Gasteiger charge is -2.35. The molecule has 0 bridgehead atoms. The molecular formula is C13H16O2. The molecule has 0 aromatic heterocycles. The van der Waals surface area contributed by atoms with Crippen LogP contribution in [-0.2, 0) is 4.79 Å². The van der Waals surface area contributed by atoms with Crippen LogP contribution >= 0.6 is 0 Å². The molecule has 1 N–H and O–H groups in total. The van der Waals surface area contributed by atoms with Gasteiger partial charge in [-0.3, -0.25) is 4.79 Å². The Morgan fingerprint density at radius 3 is 2.60 bits per heavy atom. The maximum atomic E-state index is 11.0. The molecule has 0 radical (unpaired) electrons. The van der Waals surface area contributed by atoms with Crippen LogP contribution in [0.1, 0.15) is 35.4 Å². The summed E-state index contributed by atoms with van der Waals surface area (Å²) in [5, 5.41) is 9.03. The molecule has 2 unspecified atom stereocenters. The van der Waals surface area contributed by atoms with Gasteiger partial charge < -0.3 is 5.11 Å². The van der Waals surface area contributed by atoms with E-state index in [0.717, 1.165) is 12.8 Å². The van der Waals surface area contributed by atoms with Crippen molar-refractivity contribution >= 4 is 5.97 Å². The molecule has 2 atom stereocenters. The Balaban J connectivity index is 2.31. The van der Waals surface area contributed by atoms with E-state index in [1.54, 1.807) is 0 Å². The van der Waals surface area contributed by atoms with Crippen LogP contribution in [0.25, 0.3) is 0 Å². The fraction of sp³-hybridized carbons (Fsp3) is 0.462. The molecule has 2 heteroatoms. The first-order valence-electron chi connectivity index (χ1n) is 5.40. The van der Waals surface area contributed by atoms with Gasteiger partial charge in [-0.05, 0) is 49.3 Å². The standard InChI is InChI=1S/C13H16O2/c1-8-4-3-5-10(9(8)2)11-6-7-12(11)13(14)15/h3-5,11-12H,6-7H2,1-2H3,(H,14,15). The molecule has 2 nitrogen and oxygen atoms in total. The minimum Gasteiger partial charge on any atom is -0.481 e. The molecule has 0 aliphatic heterocycles. The van der Waals surface area contributed by atoms with Crippen molar-refractivity contribution in [1.82, 2.24) is 0 Å². The number of rotatable bonds is 2. The molecule has 0 amide bonds. The SMILES string of the molecule is Cc1cccc(C2CCC2C(=O)O)c1C. The number of hydrogen-bond donors (Lipinski definition) is 1. The van der Waals surface area contributed by atoms with Gasteiger partial charge >= 0.3 is 5.97 Å². The minimum atomic E-state index is -0.646. The van der Waals surface area contributed by atoms with Crippen LogP contribution in [0.15, 0.2) is 18.2 Å². The molecule has 1 aliphatic rings. The van der Waals surface area contributed by atoms with Gasteiger partial charge in [-0.1, -0.05) is 18.2 Å². The van der Waals surface area contributed by atoms with Crippen LogP contribution in [0.2, 0.25) is 0 Å². The summed E-state index contributed by atoms with van der Waals surface area (Å²) in [7, 11) is 0. The summed E-state index contributed by atoms with van der Waals surface area (Å²) in [6, 6.07) is 6.17. The maximum Gasteiger partial charge on any atom is 0.307 e. The summed E-state index contributed by atoms with van der Waals surface area (Å²) in [5.41, 5.74) is 3.74. The normalized spacial score (nSPS) is 24.7. The van der Waals surface area contributed by atoms with E-state index >= 15 is 0 Å². The first kappa shape index (κ1) is 10.2. The minimum absolute atomic E-state index is 0.162. The average Bonchev–Trinajstić information content (AvgIpc) is 2.10. The molecule has 0 heterocycles. The lowest BCUT2D eigenvalue weighted by molar-refractivity contribution is -0.145. The van der Waals surface area contributed by atoms with Crippen LogP contribution in [0.3, 0.4) is 0 Å². The summed E-state index contributed by atoms with van der Waals surface area (Å²) in [6.45, 7) is 4.16. The molecule has 1 aromatic carbocycles. The predicted molar refractivity (Wildman–Crippen MR) is 59.0 cm³/mol. The predicted octanol–water partition coefficient (Wildman–Crippen LogP) is 2.88. The zero-order valence-corrected chi connectivity index (χ0v) is 9.16. The molecule has 1 aromatic rings. The number of hydrogen-bond acceptors (Lipinski definition) is 1. The van der Waals surface area contributed by atoms with Crippen molar-refractivity contribution in [3.8, 4) is 0 Å². The van der Waals surface area contributed by atoms with Crippen LogP contribution in [0, 0.1) is 19.8 Å². The van der Waals surface area contributed by atoms with Gasteiger partial charge in [0.25, 0.3) is 0 Å². The smallest absolute Gasteiger partial charge is 0.307 e. The summed E-state index contributed by atoms with van der Waals surface area (Å²) in [6.07, 6.45) is 1.84. The third-order valence-electron chi connectivity index (χ3n) is 3.64. The Hall–Kier alpha value is -1.31. The lowest BCUT2D eigenvalue weighted by atomic mass is 9.69. The van der Waals surface area contributed by atoms with Crippen molar-refractivity contribution in [3.05, 3.63) is 34.9 Å². The highest BCUT2D eigenvalue weighted by Gasteiger charge is 2.38. The van der Waals surface area contributed by atoms with Crippen LogP contribution in [0.5, 0.6) is 0 Å².